The van der Waals surface area contributed by atoms with E-state index < -0.39 is 11.2 Å². The van der Waals surface area contributed by atoms with E-state index in [1.807, 2.05) is 51.3 Å². The minimum Gasteiger partial charge on any atom is -0.444 e. The Kier molecular flexibility index (Phi) is 6.80. The van der Waals surface area contributed by atoms with Crippen LogP contribution in [0.3, 0.4) is 0 Å². The fraction of sp³-hybridized carbons (Fsp3) is 0.917. The fourth-order valence-electron chi connectivity index (χ4n) is 5.61. The zero-order valence-corrected chi connectivity index (χ0v) is 20.9. The number of hydrogen-bond donors (Lipinski definition) is 2. The minimum atomic E-state index is -0.400. The Hall–Kier alpha value is -1.54. The number of amides is 2. The second kappa shape index (κ2) is 8.67. The van der Waals surface area contributed by atoms with Crippen LogP contribution < -0.4 is 11.5 Å². The molecule has 4 aliphatic rings. The predicted molar refractivity (Wildman–Crippen MR) is 124 cm³/mol. The van der Waals surface area contributed by atoms with Crippen molar-refractivity contribution in [2.75, 3.05) is 26.2 Å². The van der Waals surface area contributed by atoms with Gasteiger partial charge in [-0.25, -0.2) is 9.59 Å². The van der Waals surface area contributed by atoms with Gasteiger partial charge in [0, 0.05) is 38.3 Å². The van der Waals surface area contributed by atoms with Gasteiger partial charge in [0.15, 0.2) is 0 Å². The molecule has 0 atom stereocenters. The molecule has 0 aromatic rings. The van der Waals surface area contributed by atoms with Crippen molar-refractivity contribution < 1.29 is 19.1 Å². The summed E-state index contributed by atoms with van der Waals surface area (Å²) in [7, 11) is 0. The molecule has 2 amide bonds. The largest absolute Gasteiger partial charge is 0.444 e. The van der Waals surface area contributed by atoms with E-state index >= 15 is 0 Å². The van der Waals surface area contributed by atoms with Crippen LogP contribution in [-0.4, -0.2) is 71.5 Å². The first-order valence-corrected chi connectivity index (χ1v) is 12.1. The zero-order chi connectivity index (χ0) is 23.9. The number of carbonyl (C=O) groups excluding carboxylic acids is 2. The van der Waals surface area contributed by atoms with Gasteiger partial charge >= 0.3 is 12.2 Å². The maximum absolute atomic E-state index is 11.8. The summed E-state index contributed by atoms with van der Waals surface area (Å²) in [5.41, 5.74) is 11.5. The highest BCUT2D eigenvalue weighted by atomic mass is 16.6. The van der Waals surface area contributed by atoms with Gasteiger partial charge in [-0.2, -0.15) is 0 Å². The molecular weight excluding hydrogens is 408 g/mol. The molecule has 2 spiro atoms. The topological polar surface area (TPSA) is 111 Å². The summed E-state index contributed by atoms with van der Waals surface area (Å²) in [6.45, 7) is 14.7. The van der Waals surface area contributed by atoms with Crippen molar-refractivity contribution in [2.24, 2.45) is 22.3 Å². The molecule has 2 saturated heterocycles. The molecule has 2 aliphatic carbocycles. The van der Waals surface area contributed by atoms with Crippen LogP contribution in [0.5, 0.6) is 0 Å². The predicted octanol–water partition coefficient (Wildman–Crippen LogP) is 3.47. The van der Waals surface area contributed by atoms with Crippen LogP contribution in [0.2, 0.25) is 0 Å². The number of hydrogen-bond acceptors (Lipinski definition) is 6. The van der Waals surface area contributed by atoms with Gasteiger partial charge in [0.25, 0.3) is 0 Å². The van der Waals surface area contributed by atoms with Crippen molar-refractivity contribution in [1.82, 2.24) is 9.80 Å². The standard InChI is InChI=1S/2C12H22N2O2/c2*1-11(2,3)16-10(15)14-5-4-12(8-14)6-9(13)7-12/h2*9H,4-8,13H2,1-3H3. The van der Waals surface area contributed by atoms with Crippen LogP contribution in [0.25, 0.3) is 0 Å². The Labute approximate surface area is 193 Å². The Morgan fingerprint density at radius 2 is 1.03 bits per heavy atom. The van der Waals surface area contributed by atoms with Gasteiger partial charge < -0.3 is 30.7 Å². The van der Waals surface area contributed by atoms with Crippen molar-refractivity contribution in [3.63, 3.8) is 0 Å². The lowest BCUT2D eigenvalue weighted by Crippen LogP contribution is -2.48. The van der Waals surface area contributed by atoms with Crippen molar-refractivity contribution in [3.8, 4) is 0 Å². The molecule has 2 saturated carbocycles. The first kappa shape index (κ1) is 25.1. The Bertz CT molecular complexity index is 640. The summed E-state index contributed by atoms with van der Waals surface area (Å²) < 4.78 is 10.7. The number of rotatable bonds is 0. The van der Waals surface area contributed by atoms with E-state index in [2.05, 4.69) is 0 Å². The van der Waals surface area contributed by atoms with E-state index in [0.717, 1.165) is 64.7 Å². The molecule has 32 heavy (non-hydrogen) atoms. The first-order chi connectivity index (χ1) is 14.6. The maximum atomic E-state index is 11.8. The van der Waals surface area contributed by atoms with Crippen molar-refractivity contribution in [2.45, 2.75) is 103 Å². The van der Waals surface area contributed by atoms with Gasteiger partial charge in [0.2, 0.25) is 0 Å². The smallest absolute Gasteiger partial charge is 0.410 e. The number of likely N-dealkylation sites (tertiary alicyclic amines) is 2. The van der Waals surface area contributed by atoms with Crippen molar-refractivity contribution in [3.05, 3.63) is 0 Å². The number of nitrogens with two attached hydrogens (primary N) is 2. The van der Waals surface area contributed by atoms with Crippen molar-refractivity contribution in [1.29, 1.82) is 0 Å². The van der Waals surface area contributed by atoms with Gasteiger partial charge in [-0.05, 0) is 90.9 Å². The van der Waals surface area contributed by atoms with Gasteiger partial charge in [0.1, 0.15) is 11.2 Å². The molecule has 0 unspecified atom stereocenters. The highest BCUT2D eigenvalue weighted by Crippen LogP contribution is 2.48. The van der Waals surface area contributed by atoms with Gasteiger partial charge in [0.05, 0.1) is 0 Å². The highest BCUT2D eigenvalue weighted by Gasteiger charge is 2.49. The molecular formula is C24H44N4O4. The molecule has 4 N–H and O–H groups in total. The SMILES string of the molecule is CC(C)(C)OC(=O)N1CCC2(CC(N)C2)C1.CC(C)(C)OC(=O)N1CCC2(CC(N)C2)C1. The Morgan fingerprint density at radius 3 is 1.28 bits per heavy atom. The summed E-state index contributed by atoms with van der Waals surface area (Å²) in [6.07, 6.45) is 6.06. The molecule has 2 aliphatic heterocycles. The molecule has 8 nitrogen and oxygen atoms in total. The zero-order valence-electron chi connectivity index (χ0n) is 20.9. The third kappa shape index (κ3) is 6.28. The van der Waals surface area contributed by atoms with Crippen molar-refractivity contribution >= 4 is 12.2 Å². The number of carbonyl (C=O) groups is 2. The molecule has 184 valence electrons. The second-order valence-electron chi connectivity index (χ2n) is 12.6. The summed E-state index contributed by atoms with van der Waals surface area (Å²) in [5.74, 6) is 0. The summed E-state index contributed by atoms with van der Waals surface area (Å²) >= 11 is 0. The Morgan fingerprint density at radius 1 is 0.719 bits per heavy atom. The fourth-order valence-corrected chi connectivity index (χ4v) is 5.61. The lowest BCUT2D eigenvalue weighted by atomic mass is 9.65. The van der Waals surface area contributed by atoms with E-state index in [-0.39, 0.29) is 12.2 Å². The van der Waals surface area contributed by atoms with E-state index in [0.29, 0.717) is 22.9 Å². The van der Waals surface area contributed by atoms with Crippen LogP contribution in [0.1, 0.15) is 80.1 Å². The quantitative estimate of drug-likeness (QED) is 0.582. The van der Waals surface area contributed by atoms with Crippen LogP contribution in [-0.2, 0) is 9.47 Å². The van der Waals surface area contributed by atoms with E-state index in [4.69, 9.17) is 20.9 Å². The molecule has 0 aromatic heterocycles. The summed E-state index contributed by atoms with van der Waals surface area (Å²) in [4.78, 5) is 27.3. The summed E-state index contributed by atoms with van der Waals surface area (Å²) in [6, 6.07) is 0.692. The highest BCUT2D eigenvalue weighted by molar-refractivity contribution is 5.69. The molecule has 4 rings (SSSR count). The molecule has 0 bridgehead atoms. The molecule has 2 heterocycles. The van der Waals surface area contributed by atoms with E-state index in [1.54, 1.807) is 0 Å². The lowest BCUT2D eigenvalue weighted by molar-refractivity contribution is 0.0224. The maximum Gasteiger partial charge on any atom is 0.410 e. The second-order valence-corrected chi connectivity index (χ2v) is 12.6. The number of nitrogens with zero attached hydrogens (tertiary/aromatic N) is 2. The van der Waals surface area contributed by atoms with Crippen LogP contribution >= 0.6 is 0 Å². The average Bonchev–Trinajstić information content (AvgIpc) is 3.17. The number of ether oxygens (including phenoxy) is 2. The molecule has 8 heteroatoms. The van der Waals surface area contributed by atoms with Crippen LogP contribution in [0.4, 0.5) is 9.59 Å². The molecule has 0 radical (unpaired) electrons. The van der Waals surface area contributed by atoms with Gasteiger partial charge in [-0.1, -0.05) is 0 Å². The lowest BCUT2D eigenvalue weighted by Gasteiger charge is -2.43. The van der Waals surface area contributed by atoms with E-state index in [1.165, 1.54) is 0 Å². The third-order valence-corrected chi connectivity index (χ3v) is 6.96. The monoisotopic (exact) mass is 452 g/mol. The first-order valence-electron chi connectivity index (χ1n) is 12.1. The Balaban J connectivity index is 0.000000181. The summed E-state index contributed by atoms with van der Waals surface area (Å²) in [5, 5.41) is 0. The third-order valence-electron chi connectivity index (χ3n) is 6.96. The van der Waals surface area contributed by atoms with Crippen LogP contribution in [0.15, 0.2) is 0 Å². The van der Waals surface area contributed by atoms with Crippen LogP contribution in [0, 0.1) is 10.8 Å². The van der Waals surface area contributed by atoms with Gasteiger partial charge in [-0.15, -0.1) is 0 Å². The average molecular weight is 453 g/mol. The molecule has 0 aromatic carbocycles. The minimum absolute atomic E-state index is 0.176. The normalized spacial score (nSPS) is 34.0. The molecule has 4 fully saturated rings. The van der Waals surface area contributed by atoms with Gasteiger partial charge in [-0.3, -0.25) is 0 Å². The van der Waals surface area contributed by atoms with E-state index in [9.17, 15) is 9.59 Å².